The van der Waals surface area contributed by atoms with Crippen molar-refractivity contribution in [2.45, 2.75) is 24.8 Å². The summed E-state index contributed by atoms with van der Waals surface area (Å²) in [4.78, 5) is 0. The van der Waals surface area contributed by atoms with Crippen LogP contribution < -0.4 is 0 Å². The number of phenols is 2. The molecule has 0 bridgehead atoms. The third-order valence-electron chi connectivity index (χ3n) is 6.13. The number of hydrogen-bond donors (Lipinski definition) is 2. The largest absolute Gasteiger partial charge is 0.508 e. The van der Waals surface area contributed by atoms with E-state index in [4.69, 9.17) is 10.2 Å². The lowest BCUT2D eigenvalue weighted by Gasteiger charge is -2.42. The first-order valence-corrected chi connectivity index (χ1v) is 10.0. The molecule has 3 aromatic carbocycles. The third kappa shape index (κ3) is 2.83. The normalized spacial score (nSPS) is 21.4. The maximum absolute atomic E-state index is 9.84. The van der Waals surface area contributed by atoms with Crippen LogP contribution in [0.1, 0.15) is 36.0 Å². The fourth-order valence-electron chi connectivity index (χ4n) is 4.46. The highest BCUT2D eigenvalue weighted by Gasteiger charge is 2.51. The summed E-state index contributed by atoms with van der Waals surface area (Å²) in [5, 5.41) is 29.2. The number of nitrogens with zero attached hydrogens (tertiary/aromatic N) is 2. The van der Waals surface area contributed by atoms with Crippen LogP contribution in [0.4, 0.5) is 0 Å². The van der Waals surface area contributed by atoms with E-state index < -0.39 is 5.54 Å². The van der Waals surface area contributed by atoms with Gasteiger partial charge in [0.1, 0.15) is 17.0 Å². The molecule has 1 fully saturated rings. The van der Waals surface area contributed by atoms with Gasteiger partial charge in [0.2, 0.25) is 0 Å². The van der Waals surface area contributed by atoms with E-state index in [1.165, 1.54) is 6.42 Å². The Balaban J connectivity index is 1.78. The standard InChI is InChI=1S/C25H22N2O2/c28-21-13-9-18(10-14-21)24-23(17-5-2-1-3-6-17)25(27-26-24,19-7-4-8-19)20-11-15-22(29)16-12-20/h1-3,5-6,9-16,19,28-29H,4,7-8H2. The van der Waals surface area contributed by atoms with E-state index in [0.717, 1.165) is 40.8 Å². The Hall–Kier alpha value is -3.40. The molecule has 2 N–H and O–H groups in total. The van der Waals surface area contributed by atoms with Crippen molar-refractivity contribution >= 4 is 11.3 Å². The Bertz CT molecular complexity index is 1080. The second kappa shape index (κ2) is 6.89. The summed E-state index contributed by atoms with van der Waals surface area (Å²) in [6.07, 6.45) is 3.38. The molecule has 4 nitrogen and oxygen atoms in total. The molecule has 29 heavy (non-hydrogen) atoms. The molecule has 0 radical (unpaired) electrons. The van der Waals surface area contributed by atoms with Crippen molar-refractivity contribution in [3.8, 4) is 11.5 Å². The van der Waals surface area contributed by atoms with Crippen molar-refractivity contribution in [2.75, 3.05) is 0 Å². The molecule has 1 saturated carbocycles. The average Bonchev–Trinajstić information content (AvgIpc) is 3.09. The molecular formula is C25H22N2O2. The molecule has 5 rings (SSSR count). The van der Waals surface area contributed by atoms with Gasteiger partial charge in [0.05, 0.1) is 5.70 Å². The molecule has 0 spiro atoms. The summed E-state index contributed by atoms with van der Waals surface area (Å²) < 4.78 is 0. The number of hydrogen-bond acceptors (Lipinski definition) is 4. The smallest absolute Gasteiger partial charge is 0.137 e. The SMILES string of the molecule is Oc1ccc(C2=C(c3ccccc3)C(c3ccc(O)cc3)(C3CCC3)N=N2)cc1. The lowest BCUT2D eigenvalue weighted by molar-refractivity contribution is 0.215. The zero-order chi connectivity index (χ0) is 19.8. The summed E-state index contributed by atoms with van der Waals surface area (Å²) >= 11 is 0. The second-order valence-electron chi connectivity index (χ2n) is 7.78. The van der Waals surface area contributed by atoms with Crippen LogP contribution in [-0.2, 0) is 5.54 Å². The van der Waals surface area contributed by atoms with Crippen molar-refractivity contribution in [1.29, 1.82) is 0 Å². The van der Waals surface area contributed by atoms with E-state index in [-0.39, 0.29) is 11.5 Å². The Labute approximate surface area is 169 Å². The van der Waals surface area contributed by atoms with E-state index >= 15 is 0 Å². The minimum Gasteiger partial charge on any atom is -0.508 e. The summed E-state index contributed by atoms with van der Waals surface area (Å²) in [6.45, 7) is 0. The number of phenolic OH excluding ortho intramolecular Hbond substituents is 2. The van der Waals surface area contributed by atoms with Gasteiger partial charge in [-0.15, -0.1) is 0 Å². The molecule has 3 aromatic rings. The van der Waals surface area contributed by atoms with Gasteiger partial charge < -0.3 is 10.2 Å². The predicted molar refractivity (Wildman–Crippen MR) is 113 cm³/mol. The van der Waals surface area contributed by atoms with Crippen LogP contribution in [0.5, 0.6) is 11.5 Å². The fourth-order valence-corrected chi connectivity index (χ4v) is 4.46. The first-order chi connectivity index (χ1) is 14.2. The Kier molecular flexibility index (Phi) is 4.20. The molecule has 0 amide bonds. The Morgan fingerprint density at radius 1 is 0.724 bits per heavy atom. The highest BCUT2D eigenvalue weighted by atomic mass is 16.3. The quantitative estimate of drug-likeness (QED) is 0.570. The molecule has 1 unspecified atom stereocenters. The number of benzene rings is 3. The number of azo groups is 1. The first-order valence-electron chi connectivity index (χ1n) is 10.0. The van der Waals surface area contributed by atoms with E-state index in [1.807, 2.05) is 42.5 Å². The van der Waals surface area contributed by atoms with Gasteiger partial charge >= 0.3 is 0 Å². The topological polar surface area (TPSA) is 65.2 Å². The van der Waals surface area contributed by atoms with Gasteiger partial charge in [0.15, 0.2) is 0 Å². The van der Waals surface area contributed by atoms with Gasteiger partial charge in [-0.05, 0) is 66.3 Å². The lowest BCUT2D eigenvalue weighted by Crippen LogP contribution is -2.37. The maximum atomic E-state index is 9.84. The van der Waals surface area contributed by atoms with Crippen LogP contribution >= 0.6 is 0 Å². The zero-order valence-corrected chi connectivity index (χ0v) is 16.0. The molecular weight excluding hydrogens is 360 g/mol. The number of rotatable bonds is 4. The van der Waals surface area contributed by atoms with Crippen LogP contribution in [0, 0.1) is 5.92 Å². The van der Waals surface area contributed by atoms with Crippen LogP contribution in [-0.4, -0.2) is 10.2 Å². The van der Waals surface area contributed by atoms with Crippen LogP contribution in [0.25, 0.3) is 11.3 Å². The first kappa shape index (κ1) is 17.7. The molecule has 2 aliphatic rings. The number of aromatic hydroxyl groups is 2. The molecule has 1 atom stereocenters. The van der Waals surface area contributed by atoms with Crippen molar-refractivity contribution < 1.29 is 10.2 Å². The van der Waals surface area contributed by atoms with Gasteiger partial charge in [-0.3, -0.25) is 0 Å². The molecule has 1 heterocycles. The van der Waals surface area contributed by atoms with Crippen LogP contribution in [0.3, 0.4) is 0 Å². The average molecular weight is 382 g/mol. The second-order valence-corrected chi connectivity index (χ2v) is 7.78. The molecule has 0 aromatic heterocycles. The van der Waals surface area contributed by atoms with Gasteiger partial charge in [-0.1, -0.05) is 48.9 Å². The molecule has 144 valence electrons. The fraction of sp³-hybridized carbons (Fsp3) is 0.200. The third-order valence-corrected chi connectivity index (χ3v) is 6.13. The zero-order valence-electron chi connectivity index (χ0n) is 16.0. The van der Waals surface area contributed by atoms with E-state index in [0.29, 0.717) is 5.92 Å². The summed E-state index contributed by atoms with van der Waals surface area (Å²) in [5.41, 5.74) is 4.46. The summed E-state index contributed by atoms with van der Waals surface area (Å²) in [7, 11) is 0. The van der Waals surface area contributed by atoms with Gasteiger partial charge in [-0.25, -0.2) is 0 Å². The van der Waals surface area contributed by atoms with Gasteiger partial charge in [0, 0.05) is 11.1 Å². The van der Waals surface area contributed by atoms with E-state index in [9.17, 15) is 10.2 Å². The Morgan fingerprint density at radius 3 is 1.93 bits per heavy atom. The van der Waals surface area contributed by atoms with Gasteiger partial charge in [0.25, 0.3) is 0 Å². The molecule has 0 saturated heterocycles. The summed E-state index contributed by atoms with van der Waals surface area (Å²) in [6, 6.07) is 24.9. The Morgan fingerprint density at radius 2 is 1.34 bits per heavy atom. The molecule has 1 aliphatic carbocycles. The van der Waals surface area contributed by atoms with Crippen molar-refractivity contribution in [3.05, 3.63) is 95.6 Å². The minimum atomic E-state index is -0.569. The highest BCUT2D eigenvalue weighted by molar-refractivity contribution is 5.97. The van der Waals surface area contributed by atoms with E-state index in [1.54, 1.807) is 24.3 Å². The monoisotopic (exact) mass is 382 g/mol. The minimum absolute atomic E-state index is 0.231. The molecule has 1 aliphatic heterocycles. The van der Waals surface area contributed by atoms with Crippen LogP contribution in [0.15, 0.2) is 89.1 Å². The summed E-state index contributed by atoms with van der Waals surface area (Å²) in [5.74, 6) is 0.839. The van der Waals surface area contributed by atoms with Crippen molar-refractivity contribution in [2.24, 2.45) is 16.1 Å². The highest BCUT2D eigenvalue weighted by Crippen LogP contribution is 2.58. The maximum Gasteiger partial charge on any atom is 0.137 e. The lowest BCUT2D eigenvalue weighted by atomic mass is 9.63. The molecule has 4 heteroatoms. The van der Waals surface area contributed by atoms with Crippen molar-refractivity contribution in [1.82, 2.24) is 0 Å². The van der Waals surface area contributed by atoms with E-state index in [2.05, 4.69) is 12.1 Å². The van der Waals surface area contributed by atoms with Crippen LogP contribution in [0.2, 0.25) is 0 Å². The predicted octanol–water partition coefficient (Wildman–Crippen LogP) is 6.13. The van der Waals surface area contributed by atoms with Crippen molar-refractivity contribution in [3.63, 3.8) is 0 Å². The van der Waals surface area contributed by atoms with Gasteiger partial charge in [-0.2, -0.15) is 10.2 Å².